The van der Waals surface area contributed by atoms with Crippen molar-refractivity contribution in [3.05, 3.63) is 88.3 Å². The molecule has 4 aromatic rings. The topological polar surface area (TPSA) is 54.3 Å². The van der Waals surface area contributed by atoms with E-state index in [1.54, 1.807) is 24.5 Å². The van der Waals surface area contributed by atoms with Gasteiger partial charge in [-0.1, -0.05) is 47.5 Å². The maximum Gasteiger partial charge on any atom is 0.270 e. The molecule has 6 nitrogen and oxygen atoms in total. The monoisotopic (exact) mass is 465 g/mol. The lowest BCUT2D eigenvalue weighted by Crippen LogP contribution is -2.49. The second kappa shape index (κ2) is 8.81. The molecule has 1 amide bonds. The molecule has 1 fully saturated rings. The van der Waals surface area contributed by atoms with E-state index in [2.05, 4.69) is 14.9 Å². The van der Waals surface area contributed by atoms with E-state index < -0.39 is 0 Å². The Morgan fingerprint density at radius 3 is 2.41 bits per heavy atom. The number of nitrogens with zero attached hydrogens (tertiary/aromatic N) is 5. The highest BCUT2D eigenvalue weighted by atomic mass is 35.5. The molecule has 162 valence electrons. The fourth-order valence-corrected chi connectivity index (χ4v) is 4.57. The molecule has 0 N–H and O–H groups in total. The Labute approximate surface area is 196 Å². The predicted octanol–water partition coefficient (Wildman–Crippen LogP) is 4.75. The van der Waals surface area contributed by atoms with Crippen molar-refractivity contribution in [2.24, 2.45) is 0 Å². The van der Waals surface area contributed by atoms with Crippen LogP contribution in [0.25, 0.3) is 10.9 Å². The summed E-state index contributed by atoms with van der Waals surface area (Å²) < 4.78 is 2.04. The predicted molar refractivity (Wildman–Crippen MR) is 128 cm³/mol. The van der Waals surface area contributed by atoms with E-state index in [0.29, 0.717) is 54.4 Å². The van der Waals surface area contributed by atoms with Crippen LogP contribution in [0.15, 0.2) is 67.0 Å². The molecule has 0 radical (unpaired) electrons. The minimum atomic E-state index is 0.0138. The number of anilines is 1. The van der Waals surface area contributed by atoms with Crippen LogP contribution in [0.3, 0.4) is 0 Å². The highest BCUT2D eigenvalue weighted by molar-refractivity contribution is 6.35. The Balaban J connectivity index is 1.42. The van der Waals surface area contributed by atoms with Gasteiger partial charge in [0, 0.05) is 66.1 Å². The number of para-hydroxylation sites is 1. The number of hydrogen-bond acceptors (Lipinski definition) is 4. The van der Waals surface area contributed by atoms with Crippen LogP contribution in [0, 0.1) is 0 Å². The van der Waals surface area contributed by atoms with Crippen molar-refractivity contribution in [2.45, 2.75) is 6.54 Å². The first-order valence-electron chi connectivity index (χ1n) is 10.4. The zero-order valence-electron chi connectivity index (χ0n) is 17.3. The minimum absolute atomic E-state index is 0.0138. The van der Waals surface area contributed by atoms with Crippen molar-refractivity contribution >= 4 is 46.0 Å². The molecule has 8 heteroatoms. The Morgan fingerprint density at radius 1 is 0.906 bits per heavy atom. The summed E-state index contributed by atoms with van der Waals surface area (Å²) in [6.45, 7) is 3.10. The number of carbonyl (C=O) groups is 1. The number of halogens is 2. The average Bonchev–Trinajstić information content (AvgIpc) is 3.19. The van der Waals surface area contributed by atoms with E-state index in [1.165, 1.54) is 0 Å². The molecule has 5 rings (SSSR count). The minimum Gasteiger partial charge on any atom is -0.337 e. The molecular weight excluding hydrogens is 445 g/mol. The van der Waals surface area contributed by atoms with E-state index in [1.807, 2.05) is 51.9 Å². The fourth-order valence-electron chi connectivity index (χ4n) is 4.10. The third-order valence-electron chi connectivity index (χ3n) is 5.78. The van der Waals surface area contributed by atoms with Gasteiger partial charge in [0.1, 0.15) is 5.69 Å². The molecule has 2 aromatic carbocycles. The van der Waals surface area contributed by atoms with Crippen LogP contribution < -0.4 is 4.90 Å². The number of carbonyl (C=O) groups excluding carboxylic acids is 1. The SMILES string of the molecule is O=C(c1cc2ccccc2n1Cc1ccc(Cl)cc1Cl)N1CCN(c2ncccn2)CC1. The lowest BCUT2D eigenvalue weighted by Gasteiger charge is -2.34. The summed E-state index contributed by atoms with van der Waals surface area (Å²) in [5, 5.41) is 2.20. The molecule has 2 aromatic heterocycles. The summed E-state index contributed by atoms with van der Waals surface area (Å²) in [5.74, 6) is 0.714. The van der Waals surface area contributed by atoms with Gasteiger partial charge in [0.15, 0.2) is 0 Å². The van der Waals surface area contributed by atoms with Crippen molar-refractivity contribution < 1.29 is 4.79 Å². The van der Waals surface area contributed by atoms with Gasteiger partial charge in [-0.3, -0.25) is 4.79 Å². The first-order chi connectivity index (χ1) is 15.6. The number of piperazine rings is 1. The normalized spacial score (nSPS) is 14.2. The lowest BCUT2D eigenvalue weighted by atomic mass is 10.2. The van der Waals surface area contributed by atoms with Gasteiger partial charge in [-0.05, 0) is 35.9 Å². The van der Waals surface area contributed by atoms with Crippen LogP contribution in [0.5, 0.6) is 0 Å². The largest absolute Gasteiger partial charge is 0.337 e. The van der Waals surface area contributed by atoms with E-state index in [4.69, 9.17) is 23.2 Å². The molecular formula is C24H21Cl2N5O. The molecule has 3 heterocycles. The third kappa shape index (κ3) is 4.04. The Bertz CT molecular complexity index is 1270. The van der Waals surface area contributed by atoms with Gasteiger partial charge in [0.2, 0.25) is 5.95 Å². The standard InChI is InChI=1S/C24H21Cl2N5O/c25-19-7-6-18(20(26)15-19)16-31-21-5-2-1-4-17(21)14-22(31)23(32)29-10-12-30(13-11-29)24-27-8-3-9-28-24/h1-9,14-15H,10-13,16H2. The number of rotatable bonds is 4. The van der Waals surface area contributed by atoms with Gasteiger partial charge in [-0.15, -0.1) is 0 Å². The number of aromatic nitrogens is 3. The summed E-state index contributed by atoms with van der Waals surface area (Å²) in [7, 11) is 0. The molecule has 0 spiro atoms. The number of amides is 1. The second-order valence-corrected chi connectivity index (χ2v) is 8.58. The van der Waals surface area contributed by atoms with Gasteiger partial charge in [0.05, 0.1) is 0 Å². The van der Waals surface area contributed by atoms with Crippen molar-refractivity contribution in [1.82, 2.24) is 19.4 Å². The molecule has 0 bridgehead atoms. The maximum atomic E-state index is 13.6. The van der Waals surface area contributed by atoms with Crippen molar-refractivity contribution in [2.75, 3.05) is 31.1 Å². The van der Waals surface area contributed by atoms with Gasteiger partial charge in [-0.25, -0.2) is 9.97 Å². The van der Waals surface area contributed by atoms with E-state index in [0.717, 1.165) is 16.5 Å². The molecule has 1 aliphatic rings. The van der Waals surface area contributed by atoms with Crippen LogP contribution in [0.1, 0.15) is 16.1 Å². The Kier molecular flexibility index (Phi) is 5.72. The van der Waals surface area contributed by atoms with Crippen molar-refractivity contribution in [3.63, 3.8) is 0 Å². The molecule has 0 aliphatic carbocycles. The molecule has 1 saturated heterocycles. The number of hydrogen-bond donors (Lipinski definition) is 0. The number of fused-ring (bicyclic) bond motifs is 1. The molecule has 0 saturated carbocycles. The summed E-state index contributed by atoms with van der Waals surface area (Å²) in [6, 6.07) is 17.2. The van der Waals surface area contributed by atoms with Crippen LogP contribution in [0.2, 0.25) is 10.0 Å². The maximum absolute atomic E-state index is 13.6. The quantitative estimate of drug-likeness (QED) is 0.436. The summed E-state index contributed by atoms with van der Waals surface area (Å²) >= 11 is 12.5. The Morgan fingerprint density at radius 2 is 1.66 bits per heavy atom. The first-order valence-corrected chi connectivity index (χ1v) is 11.2. The molecule has 0 unspecified atom stereocenters. The van der Waals surface area contributed by atoms with Gasteiger partial charge in [-0.2, -0.15) is 0 Å². The van der Waals surface area contributed by atoms with Crippen LogP contribution in [-0.2, 0) is 6.54 Å². The summed E-state index contributed by atoms with van der Waals surface area (Å²) in [5.41, 5.74) is 2.57. The lowest BCUT2D eigenvalue weighted by molar-refractivity contribution is 0.0736. The van der Waals surface area contributed by atoms with Crippen molar-refractivity contribution in [1.29, 1.82) is 0 Å². The van der Waals surface area contributed by atoms with Gasteiger partial charge < -0.3 is 14.4 Å². The number of benzene rings is 2. The zero-order valence-corrected chi connectivity index (χ0v) is 18.8. The first kappa shape index (κ1) is 20.8. The fraction of sp³-hybridized carbons (Fsp3) is 0.208. The molecule has 1 aliphatic heterocycles. The molecule has 0 atom stereocenters. The molecule has 32 heavy (non-hydrogen) atoms. The van der Waals surface area contributed by atoms with Crippen molar-refractivity contribution in [3.8, 4) is 0 Å². The highest BCUT2D eigenvalue weighted by Crippen LogP contribution is 2.27. The van der Waals surface area contributed by atoms with E-state index >= 15 is 0 Å². The smallest absolute Gasteiger partial charge is 0.270 e. The Hall–Kier alpha value is -3.09. The average molecular weight is 466 g/mol. The summed E-state index contributed by atoms with van der Waals surface area (Å²) in [6.07, 6.45) is 3.47. The van der Waals surface area contributed by atoms with Gasteiger partial charge in [0.25, 0.3) is 5.91 Å². The zero-order chi connectivity index (χ0) is 22.1. The van der Waals surface area contributed by atoms with Gasteiger partial charge >= 0.3 is 0 Å². The van der Waals surface area contributed by atoms with E-state index in [9.17, 15) is 4.79 Å². The highest BCUT2D eigenvalue weighted by Gasteiger charge is 2.26. The summed E-state index contributed by atoms with van der Waals surface area (Å²) in [4.78, 5) is 26.2. The van der Waals surface area contributed by atoms with Crippen LogP contribution in [-0.4, -0.2) is 51.5 Å². The van der Waals surface area contributed by atoms with E-state index in [-0.39, 0.29) is 5.91 Å². The second-order valence-electron chi connectivity index (χ2n) is 7.74. The third-order valence-corrected chi connectivity index (χ3v) is 6.36. The van der Waals surface area contributed by atoms with Crippen LogP contribution in [0.4, 0.5) is 5.95 Å². The van der Waals surface area contributed by atoms with Crippen LogP contribution >= 0.6 is 23.2 Å².